The van der Waals surface area contributed by atoms with E-state index in [4.69, 9.17) is 5.73 Å². The molecule has 10 nitrogen and oxygen atoms in total. The van der Waals surface area contributed by atoms with Gasteiger partial charge in [0.25, 0.3) is 0 Å². The standard InChI is InChI=1S/C24H33F3N6O4S/c1-30(2)16-6-8-31(11-16)12-17(34)13-33-21-7-9-32(38(3,36)37)14-19(21)22(29-33)15-4-5-20(24(25,26)27)18(10-15)23(28)35/h4-5,10,16-17,34H,6-9,11-14H2,1-3H3,(H2,28,35). The number of likely N-dealkylation sites (N-methyl/N-ethyl adjacent to an activating group) is 1. The third kappa shape index (κ3) is 6.04. The van der Waals surface area contributed by atoms with Crippen LogP contribution in [0.3, 0.4) is 0 Å². The number of amides is 1. The van der Waals surface area contributed by atoms with Crippen LogP contribution in [0.2, 0.25) is 0 Å². The first kappa shape index (κ1) is 28.5. The number of alkyl halides is 3. The first-order valence-electron chi connectivity index (χ1n) is 12.3. The van der Waals surface area contributed by atoms with Crippen molar-refractivity contribution < 1.29 is 31.5 Å². The van der Waals surface area contributed by atoms with Gasteiger partial charge >= 0.3 is 6.18 Å². The van der Waals surface area contributed by atoms with E-state index >= 15 is 0 Å². The molecule has 4 rings (SSSR count). The second kappa shape index (κ2) is 10.6. The molecule has 2 unspecified atom stereocenters. The average molecular weight is 559 g/mol. The monoisotopic (exact) mass is 558 g/mol. The van der Waals surface area contributed by atoms with E-state index in [-0.39, 0.29) is 30.9 Å². The van der Waals surface area contributed by atoms with Gasteiger partial charge in [-0.3, -0.25) is 14.4 Å². The van der Waals surface area contributed by atoms with E-state index in [1.807, 2.05) is 14.1 Å². The van der Waals surface area contributed by atoms with Gasteiger partial charge in [0.2, 0.25) is 15.9 Å². The second-order valence-corrected chi connectivity index (χ2v) is 12.2. The van der Waals surface area contributed by atoms with Crippen LogP contribution in [0.1, 0.15) is 33.6 Å². The number of rotatable bonds is 8. The Morgan fingerprint density at radius 1 is 1.26 bits per heavy atom. The molecule has 38 heavy (non-hydrogen) atoms. The summed E-state index contributed by atoms with van der Waals surface area (Å²) in [4.78, 5) is 16.2. The molecule has 2 aliphatic rings. The number of hydrogen-bond acceptors (Lipinski definition) is 7. The van der Waals surface area contributed by atoms with Gasteiger partial charge in [0.1, 0.15) is 0 Å². The van der Waals surface area contributed by atoms with Crippen molar-refractivity contribution in [2.75, 3.05) is 46.5 Å². The molecule has 0 aliphatic carbocycles. The number of hydrogen-bond donors (Lipinski definition) is 2. The van der Waals surface area contributed by atoms with Crippen LogP contribution in [-0.4, -0.2) is 102 Å². The Kier molecular flexibility index (Phi) is 7.92. The van der Waals surface area contributed by atoms with Gasteiger partial charge in [-0.25, -0.2) is 8.42 Å². The van der Waals surface area contributed by atoms with Crippen LogP contribution in [-0.2, 0) is 35.7 Å². The number of carbonyl (C=O) groups excluding carboxylic acids is 1. The maximum Gasteiger partial charge on any atom is 0.417 e. The molecule has 0 spiro atoms. The van der Waals surface area contributed by atoms with Crippen molar-refractivity contribution in [2.24, 2.45) is 5.73 Å². The molecule has 2 aromatic rings. The lowest BCUT2D eigenvalue weighted by Crippen LogP contribution is -2.38. The molecule has 1 aromatic carbocycles. The van der Waals surface area contributed by atoms with Crippen molar-refractivity contribution in [1.82, 2.24) is 23.9 Å². The molecule has 0 saturated carbocycles. The Bertz CT molecular complexity index is 1310. The van der Waals surface area contributed by atoms with Gasteiger partial charge in [0.15, 0.2) is 0 Å². The van der Waals surface area contributed by atoms with E-state index in [0.717, 1.165) is 37.9 Å². The van der Waals surface area contributed by atoms with E-state index in [9.17, 15) is 31.5 Å². The molecular weight excluding hydrogens is 525 g/mol. The number of nitrogens with zero attached hydrogens (tertiary/aromatic N) is 5. The number of fused-ring (bicyclic) bond motifs is 1. The summed E-state index contributed by atoms with van der Waals surface area (Å²) in [7, 11) is 0.498. The molecule has 210 valence electrons. The minimum atomic E-state index is -4.78. The summed E-state index contributed by atoms with van der Waals surface area (Å²) in [5, 5.41) is 15.5. The first-order valence-corrected chi connectivity index (χ1v) is 14.1. The van der Waals surface area contributed by atoms with E-state index in [2.05, 4.69) is 14.9 Å². The van der Waals surface area contributed by atoms with E-state index in [0.29, 0.717) is 30.3 Å². The van der Waals surface area contributed by atoms with Crippen LogP contribution in [0.4, 0.5) is 13.2 Å². The number of aliphatic hydroxyl groups excluding tert-OH is 1. The predicted octanol–water partition coefficient (Wildman–Crippen LogP) is 0.982. The molecule has 1 aromatic heterocycles. The molecule has 1 amide bonds. The smallest absolute Gasteiger partial charge is 0.390 e. The maximum atomic E-state index is 13.4. The zero-order valence-corrected chi connectivity index (χ0v) is 22.4. The molecule has 2 aliphatic heterocycles. The fourth-order valence-corrected chi connectivity index (χ4v) is 6.02. The summed E-state index contributed by atoms with van der Waals surface area (Å²) in [5.41, 5.74) is 5.10. The van der Waals surface area contributed by atoms with E-state index in [1.54, 1.807) is 4.68 Å². The Morgan fingerprint density at radius 2 is 1.97 bits per heavy atom. The zero-order chi connectivity index (χ0) is 28.0. The Morgan fingerprint density at radius 3 is 2.55 bits per heavy atom. The van der Waals surface area contributed by atoms with Crippen molar-refractivity contribution >= 4 is 15.9 Å². The minimum absolute atomic E-state index is 0.0246. The third-order valence-electron chi connectivity index (χ3n) is 7.26. The highest BCUT2D eigenvalue weighted by Gasteiger charge is 2.36. The molecule has 1 saturated heterocycles. The molecule has 3 heterocycles. The number of β-amino-alcohol motifs (C(OH)–C–C–N with tert-alkyl or cyclic N) is 1. The van der Waals surface area contributed by atoms with Crippen LogP contribution in [0.5, 0.6) is 0 Å². The Hall–Kier alpha value is -2.52. The van der Waals surface area contributed by atoms with Crippen LogP contribution >= 0.6 is 0 Å². The van der Waals surface area contributed by atoms with Crippen molar-refractivity contribution in [3.05, 3.63) is 40.6 Å². The highest BCUT2D eigenvalue weighted by molar-refractivity contribution is 7.88. The lowest BCUT2D eigenvalue weighted by molar-refractivity contribution is -0.137. The molecule has 0 radical (unpaired) electrons. The van der Waals surface area contributed by atoms with Gasteiger partial charge in [-0.1, -0.05) is 6.07 Å². The summed E-state index contributed by atoms with van der Waals surface area (Å²) in [5.74, 6) is -1.23. The average Bonchev–Trinajstić information content (AvgIpc) is 3.42. The molecule has 3 N–H and O–H groups in total. The number of likely N-dealkylation sites (tertiary alicyclic amines) is 1. The Labute approximate surface area is 219 Å². The normalized spacial score (nSPS) is 20.2. The summed E-state index contributed by atoms with van der Waals surface area (Å²) in [6.45, 7) is 2.43. The fourth-order valence-electron chi connectivity index (χ4n) is 5.23. The summed E-state index contributed by atoms with van der Waals surface area (Å²) in [6.07, 6.45) is -3.14. The fraction of sp³-hybridized carbons (Fsp3) is 0.583. The van der Waals surface area contributed by atoms with Gasteiger partial charge in [-0.15, -0.1) is 0 Å². The Balaban J connectivity index is 1.68. The second-order valence-electron chi connectivity index (χ2n) is 10.2. The topological polar surface area (TPSA) is 125 Å². The summed E-state index contributed by atoms with van der Waals surface area (Å²) in [6, 6.07) is 3.43. The third-order valence-corrected chi connectivity index (χ3v) is 8.51. The number of nitrogens with two attached hydrogens (primary N) is 1. The number of carbonyl (C=O) groups is 1. The largest absolute Gasteiger partial charge is 0.417 e. The zero-order valence-electron chi connectivity index (χ0n) is 21.6. The molecule has 1 fully saturated rings. The van der Waals surface area contributed by atoms with Crippen LogP contribution < -0.4 is 5.73 Å². The quantitative estimate of drug-likeness (QED) is 0.495. The van der Waals surface area contributed by atoms with Crippen LogP contribution in [0.25, 0.3) is 11.3 Å². The number of sulfonamides is 1. The summed E-state index contributed by atoms with van der Waals surface area (Å²) < 4.78 is 67.7. The van der Waals surface area contributed by atoms with Crippen LogP contribution in [0, 0.1) is 0 Å². The highest BCUT2D eigenvalue weighted by atomic mass is 32.2. The van der Waals surface area contributed by atoms with Gasteiger partial charge in [0, 0.05) is 55.5 Å². The number of aromatic nitrogens is 2. The van der Waals surface area contributed by atoms with Gasteiger partial charge < -0.3 is 15.7 Å². The summed E-state index contributed by atoms with van der Waals surface area (Å²) >= 11 is 0. The van der Waals surface area contributed by atoms with E-state index < -0.39 is 39.3 Å². The molecule has 2 atom stereocenters. The van der Waals surface area contributed by atoms with Crippen molar-refractivity contribution in [3.63, 3.8) is 0 Å². The van der Waals surface area contributed by atoms with Gasteiger partial charge in [-0.05, 0) is 39.2 Å². The van der Waals surface area contributed by atoms with Crippen LogP contribution in [0.15, 0.2) is 18.2 Å². The van der Waals surface area contributed by atoms with Crippen molar-refractivity contribution in [1.29, 1.82) is 0 Å². The number of aliphatic hydroxyl groups is 1. The minimum Gasteiger partial charge on any atom is -0.390 e. The predicted molar refractivity (Wildman–Crippen MR) is 135 cm³/mol. The van der Waals surface area contributed by atoms with Crippen molar-refractivity contribution in [3.8, 4) is 11.3 Å². The maximum absolute atomic E-state index is 13.4. The first-order chi connectivity index (χ1) is 17.6. The number of benzene rings is 1. The molecule has 14 heteroatoms. The molecular formula is C24H33F3N6O4S. The van der Waals surface area contributed by atoms with Gasteiger partial charge in [0.05, 0.1) is 35.7 Å². The number of halogens is 3. The SMILES string of the molecule is CN(C)C1CCN(CC(O)Cn2nc(-c3ccc(C(F)(F)F)c(C(N)=O)c3)c3c2CCN(S(C)(=O)=O)C3)C1. The molecule has 0 bridgehead atoms. The van der Waals surface area contributed by atoms with Gasteiger partial charge in [-0.2, -0.15) is 22.6 Å². The number of primary amides is 1. The van der Waals surface area contributed by atoms with E-state index in [1.165, 1.54) is 10.4 Å². The van der Waals surface area contributed by atoms with Crippen molar-refractivity contribution in [2.45, 2.75) is 44.3 Å². The lowest BCUT2D eigenvalue weighted by atomic mass is 9.97. The highest BCUT2D eigenvalue weighted by Crippen LogP contribution is 2.36. The lowest BCUT2D eigenvalue weighted by Gasteiger charge is -2.26.